The Morgan fingerprint density at radius 1 is 1.50 bits per heavy atom. The molecule has 0 aromatic heterocycles. The van der Waals surface area contributed by atoms with Gasteiger partial charge in [-0.25, -0.2) is 0 Å². The smallest absolute Gasteiger partial charge is 0.273 e. The molecule has 0 amide bonds. The fourth-order valence-corrected chi connectivity index (χ4v) is 1.14. The van der Waals surface area contributed by atoms with E-state index in [1.54, 1.807) is 6.07 Å². The van der Waals surface area contributed by atoms with Gasteiger partial charge in [-0.1, -0.05) is 0 Å². The maximum Gasteiger partial charge on any atom is 0.273 e. The highest BCUT2D eigenvalue weighted by Gasteiger charge is 2.09. The molecule has 0 heterocycles. The maximum absolute atomic E-state index is 10.4. The Balaban J connectivity index is 2.95. The molecule has 1 aromatic carbocycles. The number of phenols is 1. The number of non-ortho nitro benzene ring substituents is 1. The van der Waals surface area contributed by atoms with Gasteiger partial charge in [0.05, 0.1) is 11.0 Å². The average molecular weight is 196 g/mol. The van der Waals surface area contributed by atoms with Crippen LogP contribution in [-0.4, -0.2) is 29.0 Å². The van der Waals surface area contributed by atoms with Gasteiger partial charge >= 0.3 is 0 Å². The van der Waals surface area contributed by atoms with Gasteiger partial charge in [-0.2, -0.15) is 0 Å². The summed E-state index contributed by atoms with van der Waals surface area (Å²) in [5, 5.41) is 19.8. The van der Waals surface area contributed by atoms with Gasteiger partial charge in [0.25, 0.3) is 5.69 Å². The molecule has 1 N–H and O–H groups in total. The summed E-state index contributed by atoms with van der Waals surface area (Å²) in [6.45, 7) is 0.559. The van der Waals surface area contributed by atoms with Crippen LogP contribution in [0.25, 0.3) is 0 Å². The van der Waals surface area contributed by atoms with Crippen LogP contribution in [-0.2, 0) is 6.54 Å². The first kappa shape index (κ1) is 10.5. The third kappa shape index (κ3) is 2.43. The van der Waals surface area contributed by atoms with Crippen LogP contribution in [0.3, 0.4) is 0 Å². The van der Waals surface area contributed by atoms with E-state index in [0.29, 0.717) is 12.1 Å². The fraction of sp³-hybridized carbons (Fsp3) is 0.333. The summed E-state index contributed by atoms with van der Waals surface area (Å²) in [5.41, 5.74) is 0.589. The van der Waals surface area contributed by atoms with Crippen LogP contribution in [0.5, 0.6) is 5.75 Å². The van der Waals surface area contributed by atoms with Gasteiger partial charge in [0, 0.05) is 18.2 Å². The molecule has 0 aliphatic carbocycles. The number of phenolic OH excluding ortho intramolecular Hbond substituents is 1. The summed E-state index contributed by atoms with van der Waals surface area (Å²) in [6.07, 6.45) is 0. The van der Waals surface area contributed by atoms with Crippen LogP contribution in [0.15, 0.2) is 18.2 Å². The number of benzene rings is 1. The highest BCUT2D eigenvalue weighted by Crippen LogP contribution is 2.23. The Morgan fingerprint density at radius 3 is 2.57 bits per heavy atom. The molecule has 1 rings (SSSR count). The minimum Gasteiger partial charge on any atom is -0.507 e. The maximum atomic E-state index is 10.4. The van der Waals surface area contributed by atoms with Crippen LogP contribution in [0.1, 0.15) is 5.56 Å². The number of nitrogens with zero attached hydrogens (tertiary/aromatic N) is 2. The van der Waals surface area contributed by atoms with Crippen LogP contribution in [0.2, 0.25) is 0 Å². The SMILES string of the molecule is CN(C)Cc1ccc([N+](=O)[O-])cc1O. The molecule has 0 atom stereocenters. The normalized spacial score (nSPS) is 10.5. The average Bonchev–Trinajstić information content (AvgIpc) is 2.07. The number of hydrogen-bond acceptors (Lipinski definition) is 4. The highest BCUT2D eigenvalue weighted by atomic mass is 16.6. The zero-order valence-corrected chi connectivity index (χ0v) is 8.10. The summed E-state index contributed by atoms with van der Waals surface area (Å²) >= 11 is 0. The van der Waals surface area contributed by atoms with Crippen LogP contribution in [0.4, 0.5) is 5.69 Å². The Hall–Kier alpha value is -1.62. The van der Waals surface area contributed by atoms with Crippen molar-refractivity contribution < 1.29 is 10.0 Å². The zero-order chi connectivity index (χ0) is 10.7. The molecule has 0 aliphatic heterocycles. The van der Waals surface area contributed by atoms with Crippen LogP contribution >= 0.6 is 0 Å². The van der Waals surface area contributed by atoms with Crippen molar-refractivity contribution in [3.63, 3.8) is 0 Å². The molecule has 0 spiro atoms. The third-order valence-corrected chi connectivity index (χ3v) is 1.77. The van der Waals surface area contributed by atoms with Crippen molar-refractivity contribution in [2.45, 2.75) is 6.54 Å². The summed E-state index contributed by atoms with van der Waals surface area (Å²) in [7, 11) is 3.72. The Morgan fingerprint density at radius 2 is 2.14 bits per heavy atom. The summed E-state index contributed by atoms with van der Waals surface area (Å²) < 4.78 is 0. The number of rotatable bonds is 3. The molecule has 5 heteroatoms. The van der Waals surface area contributed by atoms with E-state index in [9.17, 15) is 15.2 Å². The predicted molar refractivity (Wildman–Crippen MR) is 52.2 cm³/mol. The van der Waals surface area contributed by atoms with Crippen molar-refractivity contribution in [1.29, 1.82) is 0 Å². The second kappa shape index (κ2) is 4.06. The zero-order valence-electron chi connectivity index (χ0n) is 8.10. The molecule has 0 saturated heterocycles. The molecule has 1 aromatic rings. The number of nitro benzene ring substituents is 1. The van der Waals surface area contributed by atoms with E-state index in [4.69, 9.17) is 0 Å². The van der Waals surface area contributed by atoms with Crippen molar-refractivity contribution in [2.24, 2.45) is 0 Å². The lowest BCUT2D eigenvalue weighted by molar-refractivity contribution is -0.384. The Labute approximate surface area is 81.7 Å². The summed E-state index contributed by atoms with van der Waals surface area (Å²) in [5.74, 6) is -0.0344. The van der Waals surface area contributed by atoms with Gasteiger partial charge in [-0.15, -0.1) is 0 Å². The Kier molecular flexibility index (Phi) is 3.03. The predicted octanol–water partition coefficient (Wildman–Crippen LogP) is 1.36. The number of nitro groups is 1. The first-order valence-electron chi connectivity index (χ1n) is 4.11. The van der Waals surface area contributed by atoms with E-state index in [2.05, 4.69) is 0 Å². The second-order valence-corrected chi connectivity index (χ2v) is 3.31. The lowest BCUT2D eigenvalue weighted by Crippen LogP contribution is -2.10. The largest absolute Gasteiger partial charge is 0.507 e. The van der Waals surface area contributed by atoms with Gasteiger partial charge in [-0.05, 0) is 20.2 Å². The number of aromatic hydroxyl groups is 1. The molecular formula is C9H12N2O3. The molecule has 0 bridgehead atoms. The van der Waals surface area contributed by atoms with Crippen molar-refractivity contribution in [2.75, 3.05) is 14.1 Å². The van der Waals surface area contributed by atoms with E-state index >= 15 is 0 Å². The van der Waals surface area contributed by atoms with Gasteiger partial charge in [0.15, 0.2) is 0 Å². The van der Waals surface area contributed by atoms with Gasteiger partial charge in [0.1, 0.15) is 5.75 Å². The monoisotopic (exact) mass is 196 g/mol. The number of hydrogen-bond donors (Lipinski definition) is 1. The van der Waals surface area contributed by atoms with Crippen molar-refractivity contribution >= 4 is 5.69 Å². The standard InChI is InChI=1S/C9H12N2O3/c1-10(2)6-7-3-4-8(11(13)14)5-9(7)12/h3-5,12H,6H2,1-2H3. The van der Waals surface area contributed by atoms with E-state index in [1.807, 2.05) is 19.0 Å². The quantitative estimate of drug-likeness (QED) is 0.585. The third-order valence-electron chi connectivity index (χ3n) is 1.77. The first-order valence-corrected chi connectivity index (χ1v) is 4.11. The van der Waals surface area contributed by atoms with Gasteiger partial charge in [0.2, 0.25) is 0 Å². The molecule has 0 radical (unpaired) electrons. The topological polar surface area (TPSA) is 66.6 Å². The van der Waals surface area contributed by atoms with E-state index in [0.717, 1.165) is 0 Å². The summed E-state index contributed by atoms with van der Waals surface area (Å²) in [4.78, 5) is 11.7. The van der Waals surface area contributed by atoms with Gasteiger partial charge in [-0.3, -0.25) is 10.1 Å². The molecule has 5 nitrogen and oxygen atoms in total. The molecule has 0 unspecified atom stereocenters. The molecule has 0 aliphatic rings. The second-order valence-electron chi connectivity index (χ2n) is 3.31. The first-order chi connectivity index (χ1) is 6.50. The molecule has 0 fully saturated rings. The molecule has 14 heavy (non-hydrogen) atoms. The van der Waals surface area contributed by atoms with E-state index in [-0.39, 0.29) is 11.4 Å². The fourth-order valence-electron chi connectivity index (χ4n) is 1.14. The van der Waals surface area contributed by atoms with Crippen LogP contribution < -0.4 is 0 Å². The molecule has 0 saturated carbocycles. The molecular weight excluding hydrogens is 184 g/mol. The summed E-state index contributed by atoms with van der Waals surface area (Å²) in [6, 6.07) is 4.12. The van der Waals surface area contributed by atoms with Crippen LogP contribution in [0, 0.1) is 10.1 Å². The Bertz CT molecular complexity index is 350. The highest BCUT2D eigenvalue weighted by molar-refractivity contribution is 5.43. The van der Waals surface area contributed by atoms with E-state index < -0.39 is 4.92 Å². The van der Waals surface area contributed by atoms with Crippen molar-refractivity contribution in [3.8, 4) is 5.75 Å². The van der Waals surface area contributed by atoms with Gasteiger partial charge < -0.3 is 10.0 Å². The van der Waals surface area contributed by atoms with Crippen molar-refractivity contribution in [3.05, 3.63) is 33.9 Å². The lowest BCUT2D eigenvalue weighted by atomic mass is 10.2. The minimum absolute atomic E-state index is 0.0344. The molecule has 76 valence electrons. The van der Waals surface area contributed by atoms with E-state index in [1.165, 1.54) is 12.1 Å². The lowest BCUT2D eigenvalue weighted by Gasteiger charge is -2.10. The minimum atomic E-state index is -0.529. The van der Waals surface area contributed by atoms with Crippen molar-refractivity contribution in [1.82, 2.24) is 4.90 Å².